The number of furan rings is 1. The van der Waals surface area contributed by atoms with E-state index in [4.69, 9.17) is 9.15 Å². The predicted molar refractivity (Wildman–Crippen MR) is 96.9 cm³/mol. The molecule has 3 aromatic carbocycles. The second-order valence-corrected chi connectivity index (χ2v) is 6.22. The summed E-state index contributed by atoms with van der Waals surface area (Å²) in [4.78, 5) is 12.5. The molecule has 1 amide bonds. The summed E-state index contributed by atoms with van der Waals surface area (Å²) in [5.74, 6) is 0.641. The monoisotopic (exact) mass is 329 g/mol. The van der Waals surface area contributed by atoms with Crippen LogP contribution in [-0.2, 0) is 11.2 Å². The van der Waals surface area contributed by atoms with Crippen molar-refractivity contribution in [1.82, 2.24) is 0 Å². The average Bonchev–Trinajstić information content (AvgIpc) is 3.22. The van der Waals surface area contributed by atoms with Crippen LogP contribution in [0.3, 0.4) is 0 Å². The molecule has 1 aromatic heterocycles. The molecular formula is C21H15NO3. The Morgan fingerprint density at radius 2 is 1.72 bits per heavy atom. The molecule has 1 unspecified atom stereocenters. The molecule has 122 valence electrons. The highest BCUT2D eigenvalue weighted by atomic mass is 16.5. The maximum absolute atomic E-state index is 12.5. The quantitative estimate of drug-likeness (QED) is 0.588. The van der Waals surface area contributed by atoms with E-state index in [0.29, 0.717) is 12.1 Å². The highest BCUT2D eigenvalue weighted by molar-refractivity contribution is 6.06. The lowest BCUT2D eigenvalue weighted by atomic mass is 10.1. The number of carbonyl (C=O) groups is 1. The van der Waals surface area contributed by atoms with Gasteiger partial charge in [0.15, 0.2) is 6.10 Å². The standard InChI is InChI=1S/C21H15NO3/c23-21(20-11-13-5-1-3-7-17(13)24-20)22-14-9-10-16-15-6-2-4-8-18(15)25-19(16)12-14/h1-10,12,20H,11H2,(H,22,23). The van der Waals surface area contributed by atoms with Gasteiger partial charge in [0.2, 0.25) is 0 Å². The van der Waals surface area contributed by atoms with Crippen molar-refractivity contribution in [1.29, 1.82) is 0 Å². The summed E-state index contributed by atoms with van der Waals surface area (Å²) in [6, 6.07) is 21.4. The van der Waals surface area contributed by atoms with Gasteiger partial charge in [-0.25, -0.2) is 0 Å². The Kier molecular flexibility index (Phi) is 3.04. The van der Waals surface area contributed by atoms with Crippen LogP contribution in [-0.4, -0.2) is 12.0 Å². The van der Waals surface area contributed by atoms with E-state index in [1.165, 1.54) is 0 Å². The third-order valence-corrected chi connectivity index (χ3v) is 4.59. The summed E-state index contributed by atoms with van der Waals surface area (Å²) >= 11 is 0. The highest BCUT2D eigenvalue weighted by Crippen LogP contribution is 2.31. The molecule has 0 bridgehead atoms. The molecule has 5 rings (SSSR count). The van der Waals surface area contributed by atoms with Crippen LogP contribution in [0.4, 0.5) is 5.69 Å². The van der Waals surface area contributed by atoms with Gasteiger partial charge in [-0.3, -0.25) is 4.79 Å². The van der Waals surface area contributed by atoms with Gasteiger partial charge >= 0.3 is 0 Å². The summed E-state index contributed by atoms with van der Waals surface area (Å²) in [6.07, 6.45) is 0.0956. The van der Waals surface area contributed by atoms with Crippen molar-refractivity contribution >= 4 is 33.5 Å². The number of hydrogen-bond donors (Lipinski definition) is 1. The van der Waals surface area contributed by atoms with Crippen molar-refractivity contribution in [2.45, 2.75) is 12.5 Å². The smallest absolute Gasteiger partial charge is 0.265 e. The number of fused-ring (bicyclic) bond motifs is 4. The molecule has 4 nitrogen and oxygen atoms in total. The van der Waals surface area contributed by atoms with E-state index in [0.717, 1.165) is 33.3 Å². The lowest BCUT2D eigenvalue weighted by Crippen LogP contribution is -2.31. The Morgan fingerprint density at radius 1 is 0.920 bits per heavy atom. The van der Waals surface area contributed by atoms with Crippen LogP contribution in [0, 0.1) is 0 Å². The van der Waals surface area contributed by atoms with Gasteiger partial charge in [0.25, 0.3) is 5.91 Å². The zero-order chi connectivity index (χ0) is 16.8. The van der Waals surface area contributed by atoms with Gasteiger partial charge in [-0.2, -0.15) is 0 Å². The number of nitrogens with one attached hydrogen (secondary N) is 1. The van der Waals surface area contributed by atoms with Crippen LogP contribution in [0.5, 0.6) is 5.75 Å². The van der Waals surface area contributed by atoms with Crippen LogP contribution in [0.1, 0.15) is 5.56 Å². The molecule has 0 saturated heterocycles. The minimum absolute atomic E-state index is 0.147. The lowest BCUT2D eigenvalue weighted by Gasteiger charge is -2.11. The average molecular weight is 329 g/mol. The first-order valence-corrected chi connectivity index (χ1v) is 8.25. The number of carbonyl (C=O) groups excluding carboxylic acids is 1. The normalized spacial score (nSPS) is 15.9. The van der Waals surface area contributed by atoms with Crippen molar-refractivity contribution in [3.8, 4) is 5.75 Å². The van der Waals surface area contributed by atoms with E-state index in [-0.39, 0.29) is 5.91 Å². The van der Waals surface area contributed by atoms with Gasteiger partial charge in [0.05, 0.1) is 0 Å². The fourth-order valence-corrected chi connectivity index (χ4v) is 3.35. The van der Waals surface area contributed by atoms with Crippen LogP contribution in [0.2, 0.25) is 0 Å². The molecule has 1 atom stereocenters. The van der Waals surface area contributed by atoms with Crippen LogP contribution >= 0.6 is 0 Å². The molecule has 0 saturated carbocycles. The minimum Gasteiger partial charge on any atom is -0.480 e. The number of hydrogen-bond acceptors (Lipinski definition) is 3. The number of ether oxygens (including phenoxy) is 1. The number of anilines is 1. The summed E-state index contributed by atoms with van der Waals surface area (Å²) < 4.78 is 11.6. The van der Waals surface area contributed by atoms with Gasteiger partial charge in [0.1, 0.15) is 16.9 Å². The minimum atomic E-state index is -0.497. The van der Waals surface area contributed by atoms with E-state index in [2.05, 4.69) is 5.32 Å². The third kappa shape index (κ3) is 2.34. The molecule has 0 aliphatic carbocycles. The van der Waals surface area contributed by atoms with E-state index >= 15 is 0 Å². The largest absolute Gasteiger partial charge is 0.480 e. The molecule has 0 fully saturated rings. The Hall–Kier alpha value is -3.27. The highest BCUT2D eigenvalue weighted by Gasteiger charge is 2.28. The molecule has 0 radical (unpaired) electrons. The predicted octanol–water partition coefficient (Wildman–Crippen LogP) is 4.53. The Balaban J connectivity index is 1.41. The van der Waals surface area contributed by atoms with Crippen LogP contribution in [0.25, 0.3) is 21.9 Å². The topological polar surface area (TPSA) is 51.5 Å². The number of amides is 1. The molecule has 4 aromatic rings. The Labute approximate surface area is 144 Å². The summed E-state index contributed by atoms with van der Waals surface area (Å²) in [5.41, 5.74) is 3.37. The van der Waals surface area contributed by atoms with Crippen molar-refractivity contribution in [2.24, 2.45) is 0 Å². The fraction of sp³-hybridized carbons (Fsp3) is 0.0952. The van der Waals surface area contributed by atoms with Crippen LogP contribution < -0.4 is 10.1 Å². The van der Waals surface area contributed by atoms with Crippen molar-refractivity contribution < 1.29 is 13.9 Å². The Morgan fingerprint density at radius 3 is 2.64 bits per heavy atom. The maximum Gasteiger partial charge on any atom is 0.265 e. The zero-order valence-corrected chi connectivity index (χ0v) is 13.4. The molecule has 0 spiro atoms. The van der Waals surface area contributed by atoms with Crippen molar-refractivity contribution in [3.63, 3.8) is 0 Å². The van der Waals surface area contributed by atoms with Crippen LogP contribution in [0.15, 0.2) is 71.1 Å². The van der Waals surface area contributed by atoms with E-state index in [9.17, 15) is 4.79 Å². The summed E-state index contributed by atoms with van der Waals surface area (Å²) in [6.45, 7) is 0. The second kappa shape index (κ2) is 5.38. The second-order valence-electron chi connectivity index (χ2n) is 6.22. The third-order valence-electron chi connectivity index (χ3n) is 4.59. The van der Waals surface area contributed by atoms with Crippen molar-refractivity contribution in [3.05, 3.63) is 72.3 Å². The first-order valence-electron chi connectivity index (χ1n) is 8.25. The van der Waals surface area contributed by atoms with E-state index in [1.807, 2.05) is 66.7 Å². The molecule has 25 heavy (non-hydrogen) atoms. The van der Waals surface area contributed by atoms with Gasteiger partial charge < -0.3 is 14.5 Å². The van der Waals surface area contributed by atoms with Gasteiger partial charge in [-0.05, 0) is 29.8 Å². The Bertz CT molecular complexity index is 1090. The fourth-order valence-electron chi connectivity index (χ4n) is 3.35. The molecular weight excluding hydrogens is 314 g/mol. The zero-order valence-electron chi connectivity index (χ0n) is 13.4. The molecule has 1 aliphatic heterocycles. The number of rotatable bonds is 2. The maximum atomic E-state index is 12.5. The molecule has 2 heterocycles. The van der Waals surface area contributed by atoms with Gasteiger partial charge in [-0.15, -0.1) is 0 Å². The van der Waals surface area contributed by atoms with Crippen molar-refractivity contribution in [2.75, 3.05) is 5.32 Å². The molecule has 1 N–H and O–H groups in total. The molecule has 4 heteroatoms. The van der Waals surface area contributed by atoms with E-state index in [1.54, 1.807) is 0 Å². The first kappa shape index (κ1) is 14.1. The number of benzene rings is 3. The van der Waals surface area contributed by atoms with Gasteiger partial charge in [-0.1, -0.05) is 36.4 Å². The SMILES string of the molecule is O=C(Nc1ccc2c(c1)oc1ccccc12)C1Cc2ccccc2O1. The number of para-hydroxylation sites is 2. The van der Waals surface area contributed by atoms with E-state index < -0.39 is 6.10 Å². The first-order chi connectivity index (χ1) is 12.3. The molecule has 1 aliphatic rings. The summed E-state index contributed by atoms with van der Waals surface area (Å²) in [5, 5.41) is 5.05. The van der Waals surface area contributed by atoms with Gasteiger partial charge in [0, 0.05) is 28.9 Å². The lowest BCUT2D eigenvalue weighted by molar-refractivity contribution is -0.122. The summed E-state index contributed by atoms with van der Waals surface area (Å²) in [7, 11) is 0.